The van der Waals surface area contributed by atoms with Gasteiger partial charge < -0.3 is 10.1 Å². The average Bonchev–Trinajstić information content (AvgIpc) is 3.01. The summed E-state index contributed by atoms with van der Waals surface area (Å²) in [6.45, 7) is 4.18. The molecule has 108 valence electrons. The molecule has 1 fully saturated rings. The fourth-order valence-corrected chi connectivity index (χ4v) is 4.27. The largest absolute Gasteiger partial charge is 0.378 e. The second-order valence-corrected chi connectivity index (χ2v) is 7.53. The van der Waals surface area contributed by atoms with Gasteiger partial charge in [-0.1, -0.05) is 18.5 Å². The highest BCUT2D eigenvalue weighted by Gasteiger charge is 2.20. The minimum Gasteiger partial charge on any atom is -0.378 e. The molecule has 19 heavy (non-hydrogen) atoms. The maximum absolute atomic E-state index is 6.15. The fourth-order valence-electron chi connectivity index (χ4n) is 2.42. The first-order chi connectivity index (χ1) is 9.20. The summed E-state index contributed by atoms with van der Waals surface area (Å²) < 4.78 is 7.56. The Morgan fingerprint density at radius 2 is 2.47 bits per heavy atom. The van der Waals surface area contributed by atoms with E-state index in [4.69, 9.17) is 16.3 Å². The Morgan fingerprint density at radius 3 is 3.05 bits per heavy atom. The third kappa shape index (κ3) is 4.71. The zero-order valence-corrected chi connectivity index (χ0v) is 14.4. The molecular weight excluding hydrogens is 346 g/mol. The molecule has 1 aliphatic heterocycles. The number of rotatable bonds is 7. The van der Waals surface area contributed by atoms with E-state index in [1.807, 2.05) is 0 Å². The van der Waals surface area contributed by atoms with Crippen molar-refractivity contribution in [1.82, 2.24) is 5.32 Å². The number of nitrogens with one attached hydrogen (secondary N) is 1. The van der Waals surface area contributed by atoms with E-state index in [0.29, 0.717) is 12.1 Å². The van der Waals surface area contributed by atoms with Gasteiger partial charge in [0, 0.05) is 22.0 Å². The monoisotopic (exact) mass is 365 g/mol. The van der Waals surface area contributed by atoms with Gasteiger partial charge in [-0.3, -0.25) is 0 Å². The number of thiophene rings is 1. The van der Waals surface area contributed by atoms with Crippen LogP contribution in [0.5, 0.6) is 0 Å². The van der Waals surface area contributed by atoms with Gasteiger partial charge in [-0.2, -0.15) is 0 Å². The van der Waals surface area contributed by atoms with Crippen LogP contribution < -0.4 is 5.32 Å². The first kappa shape index (κ1) is 15.8. The SMILES string of the molecule is CCCNC(CCC1CCCO1)c1cc(Br)c(Cl)s1. The van der Waals surface area contributed by atoms with Crippen LogP contribution in [0.2, 0.25) is 4.34 Å². The van der Waals surface area contributed by atoms with Crippen LogP contribution in [0.1, 0.15) is 49.9 Å². The first-order valence-electron chi connectivity index (χ1n) is 7.00. The number of hydrogen-bond acceptors (Lipinski definition) is 3. The van der Waals surface area contributed by atoms with E-state index in [1.54, 1.807) is 11.3 Å². The van der Waals surface area contributed by atoms with E-state index in [9.17, 15) is 0 Å². The van der Waals surface area contributed by atoms with Crippen molar-refractivity contribution in [3.8, 4) is 0 Å². The molecule has 2 unspecified atom stereocenters. The molecule has 0 aromatic carbocycles. The van der Waals surface area contributed by atoms with Crippen LogP contribution in [0, 0.1) is 0 Å². The Balaban J connectivity index is 1.93. The van der Waals surface area contributed by atoms with Gasteiger partial charge in [0.15, 0.2) is 0 Å². The second-order valence-electron chi connectivity index (χ2n) is 4.99. The summed E-state index contributed by atoms with van der Waals surface area (Å²) in [5.74, 6) is 0. The zero-order valence-electron chi connectivity index (χ0n) is 11.3. The van der Waals surface area contributed by atoms with Crippen molar-refractivity contribution in [1.29, 1.82) is 0 Å². The van der Waals surface area contributed by atoms with Gasteiger partial charge in [-0.25, -0.2) is 0 Å². The molecule has 1 aromatic heterocycles. The van der Waals surface area contributed by atoms with Gasteiger partial charge in [0.25, 0.3) is 0 Å². The Hall–Kier alpha value is 0.390. The lowest BCUT2D eigenvalue weighted by atomic mass is 10.0. The average molecular weight is 367 g/mol. The molecule has 0 radical (unpaired) electrons. The Kier molecular flexibility index (Phi) is 6.63. The lowest BCUT2D eigenvalue weighted by molar-refractivity contribution is 0.0997. The molecule has 0 spiro atoms. The van der Waals surface area contributed by atoms with Gasteiger partial charge >= 0.3 is 0 Å². The highest BCUT2D eigenvalue weighted by molar-refractivity contribution is 9.10. The van der Waals surface area contributed by atoms with Gasteiger partial charge in [0.1, 0.15) is 4.34 Å². The Labute approximate surface area is 133 Å². The number of hydrogen-bond donors (Lipinski definition) is 1. The third-order valence-electron chi connectivity index (χ3n) is 3.45. The van der Waals surface area contributed by atoms with Gasteiger partial charge in [0.05, 0.1) is 6.10 Å². The first-order valence-corrected chi connectivity index (χ1v) is 8.99. The normalized spacial score (nSPS) is 20.9. The van der Waals surface area contributed by atoms with Crippen molar-refractivity contribution in [3.05, 3.63) is 19.8 Å². The molecule has 2 atom stereocenters. The summed E-state index contributed by atoms with van der Waals surface area (Å²) in [5.41, 5.74) is 0. The van der Waals surface area contributed by atoms with E-state index in [-0.39, 0.29) is 0 Å². The molecule has 1 aliphatic rings. The van der Waals surface area contributed by atoms with E-state index in [0.717, 1.165) is 41.2 Å². The van der Waals surface area contributed by atoms with Gasteiger partial charge in [-0.05, 0) is 60.6 Å². The summed E-state index contributed by atoms with van der Waals surface area (Å²) >= 11 is 11.3. The summed E-state index contributed by atoms with van der Waals surface area (Å²) in [7, 11) is 0. The van der Waals surface area contributed by atoms with E-state index >= 15 is 0 Å². The second kappa shape index (κ2) is 7.99. The molecule has 1 aromatic rings. The molecule has 2 nitrogen and oxygen atoms in total. The van der Waals surface area contributed by atoms with Crippen LogP contribution >= 0.6 is 38.9 Å². The maximum Gasteiger partial charge on any atom is 0.107 e. The minimum absolute atomic E-state index is 0.401. The van der Waals surface area contributed by atoms with Crippen molar-refractivity contribution >= 4 is 38.9 Å². The summed E-state index contributed by atoms with van der Waals surface area (Å²) in [6, 6.07) is 2.55. The molecule has 2 rings (SSSR count). The van der Waals surface area contributed by atoms with Crippen molar-refractivity contribution < 1.29 is 4.74 Å². The molecular formula is C14H21BrClNOS. The number of halogens is 2. The smallest absolute Gasteiger partial charge is 0.107 e. The third-order valence-corrected chi connectivity index (χ3v) is 6.04. The van der Waals surface area contributed by atoms with E-state index in [1.165, 1.54) is 17.7 Å². The maximum atomic E-state index is 6.15. The topological polar surface area (TPSA) is 21.3 Å². The van der Waals surface area contributed by atoms with Crippen LogP contribution in [-0.4, -0.2) is 19.3 Å². The predicted molar refractivity (Wildman–Crippen MR) is 86.3 cm³/mol. The van der Waals surface area contributed by atoms with E-state index < -0.39 is 0 Å². The quantitative estimate of drug-likeness (QED) is 0.719. The molecule has 1 saturated heterocycles. The zero-order chi connectivity index (χ0) is 13.7. The highest BCUT2D eigenvalue weighted by Crippen LogP contribution is 2.37. The molecule has 0 amide bonds. The molecule has 0 aliphatic carbocycles. The minimum atomic E-state index is 0.401. The lowest BCUT2D eigenvalue weighted by Gasteiger charge is -2.19. The van der Waals surface area contributed by atoms with Crippen LogP contribution in [0.25, 0.3) is 0 Å². The van der Waals surface area contributed by atoms with Crippen molar-refractivity contribution in [2.75, 3.05) is 13.2 Å². The predicted octanol–water partition coefficient (Wildman–Crippen LogP) is 5.16. The lowest BCUT2D eigenvalue weighted by Crippen LogP contribution is -2.22. The van der Waals surface area contributed by atoms with Crippen LogP contribution in [0.15, 0.2) is 10.5 Å². The van der Waals surface area contributed by atoms with Crippen molar-refractivity contribution in [3.63, 3.8) is 0 Å². The highest BCUT2D eigenvalue weighted by atomic mass is 79.9. The Morgan fingerprint density at radius 1 is 1.63 bits per heavy atom. The summed E-state index contributed by atoms with van der Waals surface area (Å²) in [6.07, 6.45) is 6.30. The standard InChI is InChI=1S/C14H21BrClNOS/c1-2-7-17-12(6-5-10-4-3-8-18-10)13-9-11(15)14(16)19-13/h9-10,12,17H,2-8H2,1H3. The molecule has 2 heterocycles. The summed E-state index contributed by atoms with van der Waals surface area (Å²) in [5, 5.41) is 3.63. The van der Waals surface area contributed by atoms with E-state index in [2.05, 4.69) is 34.2 Å². The van der Waals surface area contributed by atoms with Gasteiger partial charge in [0.2, 0.25) is 0 Å². The van der Waals surface area contributed by atoms with Crippen LogP contribution in [0.3, 0.4) is 0 Å². The van der Waals surface area contributed by atoms with Crippen molar-refractivity contribution in [2.24, 2.45) is 0 Å². The van der Waals surface area contributed by atoms with Gasteiger partial charge in [-0.15, -0.1) is 11.3 Å². The van der Waals surface area contributed by atoms with Crippen molar-refractivity contribution in [2.45, 2.75) is 51.2 Å². The Bertz CT molecular complexity index is 373. The number of ether oxygens (including phenoxy) is 1. The summed E-state index contributed by atoms with van der Waals surface area (Å²) in [4.78, 5) is 1.32. The fraction of sp³-hybridized carbons (Fsp3) is 0.714. The van der Waals surface area contributed by atoms with Crippen LogP contribution in [0.4, 0.5) is 0 Å². The molecule has 1 N–H and O–H groups in total. The molecule has 5 heteroatoms. The molecule has 0 saturated carbocycles. The molecule has 0 bridgehead atoms. The van der Waals surface area contributed by atoms with Crippen LogP contribution in [-0.2, 0) is 4.74 Å².